The molecular formula is C29H43NaO3P. The van der Waals surface area contributed by atoms with Gasteiger partial charge in [0.05, 0.1) is 0 Å². The fraction of sp³-hybridized carbons (Fsp3) is 0.586. The number of hydrogen-bond acceptors (Lipinski definition) is 3. The van der Waals surface area contributed by atoms with Crippen LogP contribution in [-0.2, 0) is 32.6 Å². The molecule has 0 N–H and O–H groups in total. The van der Waals surface area contributed by atoms with Gasteiger partial charge in [-0.2, -0.15) is 0 Å². The Hall–Kier alpha value is -0.730. The SMILES string of the molecule is CC(C)(C)c1cc2c(c(C(C)(C)C)c1)O[PH](=O)Oc1c(cc(C(C)(C)C)cc1C(C)(C)C)C2.[Na]. The summed E-state index contributed by atoms with van der Waals surface area (Å²) in [6.45, 7) is 26.5. The average molecular weight is 494 g/mol. The Balaban J connectivity index is 0.00000408. The molecule has 183 valence electrons. The molecule has 0 bridgehead atoms. The van der Waals surface area contributed by atoms with Gasteiger partial charge in [-0.15, -0.1) is 0 Å². The zero-order chi connectivity index (χ0) is 25.1. The zero-order valence-electron chi connectivity index (χ0n) is 23.7. The molecule has 0 aromatic heterocycles. The van der Waals surface area contributed by atoms with Crippen molar-refractivity contribution in [3.05, 3.63) is 57.6 Å². The molecule has 1 heterocycles. The molecule has 5 heteroatoms. The molecule has 0 unspecified atom stereocenters. The molecule has 0 saturated heterocycles. The van der Waals surface area contributed by atoms with E-state index >= 15 is 0 Å². The molecule has 0 fully saturated rings. The van der Waals surface area contributed by atoms with Crippen LogP contribution in [0.1, 0.15) is 116 Å². The molecule has 0 spiro atoms. The van der Waals surface area contributed by atoms with Crippen molar-refractivity contribution in [2.45, 2.75) is 111 Å². The standard InChI is InChI=1S/C29H43O3P.Na/c1-26(2,3)20-14-18-13-19-15-21(27(4,5)6)17-23(29(10,11)12)25(19)32-33(30)31-24(18)22(16-20)28(7,8)9;/h14-17,33H,13H2,1-12H3;. The van der Waals surface area contributed by atoms with E-state index in [1.54, 1.807) is 0 Å². The maximum atomic E-state index is 13.2. The van der Waals surface area contributed by atoms with E-state index in [4.69, 9.17) is 9.05 Å². The number of fused-ring (bicyclic) bond motifs is 2. The van der Waals surface area contributed by atoms with Crippen LogP contribution in [0.25, 0.3) is 0 Å². The first-order valence-electron chi connectivity index (χ1n) is 12.0. The Morgan fingerprint density at radius 3 is 1.18 bits per heavy atom. The second-order valence-corrected chi connectivity index (χ2v) is 14.6. The van der Waals surface area contributed by atoms with Gasteiger partial charge in [0.2, 0.25) is 0 Å². The summed E-state index contributed by atoms with van der Waals surface area (Å²) in [7, 11) is -2.78. The van der Waals surface area contributed by atoms with E-state index in [1.807, 2.05) is 0 Å². The van der Waals surface area contributed by atoms with Gasteiger partial charge >= 0.3 is 8.25 Å². The van der Waals surface area contributed by atoms with Crippen molar-refractivity contribution in [3.8, 4) is 11.5 Å². The minimum Gasteiger partial charge on any atom is -0.417 e. The summed E-state index contributed by atoms with van der Waals surface area (Å²) >= 11 is 0. The van der Waals surface area contributed by atoms with Crippen LogP contribution < -0.4 is 9.05 Å². The Kier molecular flexibility index (Phi) is 8.35. The van der Waals surface area contributed by atoms with Crippen LogP contribution in [0.4, 0.5) is 0 Å². The second kappa shape index (κ2) is 9.62. The third-order valence-electron chi connectivity index (χ3n) is 6.43. The molecule has 1 aliphatic heterocycles. The van der Waals surface area contributed by atoms with Crippen LogP contribution in [0.15, 0.2) is 24.3 Å². The summed E-state index contributed by atoms with van der Waals surface area (Å²) < 4.78 is 25.4. The van der Waals surface area contributed by atoms with Crippen molar-refractivity contribution in [1.82, 2.24) is 0 Å². The normalized spacial score (nSPS) is 15.2. The first-order chi connectivity index (χ1) is 14.8. The fourth-order valence-electron chi connectivity index (χ4n) is 4.25. The van der Waals surface area contributed by atoms with E-state index in [2.05, 4.69) is 107 Å². The summed E-state index contributed by atoms with van der Waals surface area (Å²) in [5, 5.41) is 0. The monoisotopic (exact) mass is 493 g/mol. The van der Waals surface area contributed by atoms with E-state index in [9.17, 15) is 4.57 Å². The van der Waals surface area contributed by atoms with Crippen LogP contribution in [0.2, 0.25) is 0 Å². The van der Waals surface area contributed by atoms with Crippen LogP contribution in [0, 0.1) is 0 Å². The molecule has 0 aliphatic carbocycles. The van der Waals surface area contributed by atoms with E-state index < -0.39 is 8.25 Å². The second-order valence-electron chi connectivity index (χ2n) is 13.7. The zero-order valence-corrected chi connectivity index (χ0v) is 26.7. The maximum Gasteiger partial charge on any atom is 0.419 e. The number of hydrogen-bond donors (Lipinski definition) is 0. The average Bonchev–Trinajstić information content (AvgIpc) is 2.58. The minimum atomic E-state index is -2.78. The predicted molar refractivity (Wildman–Crippen MR) is 147 cm³/mol. The van der Waals surface area contributed by atoms with Crippen molar-refractivity contribution in [3.63, 3.8) is 0 Å². The Morgan fingerprint density at radius 2 is 0.912 bits per heavy atom. The van der Waals surface area contributed by atoms with E-state index in [0.29, 0.717) is 6.42 Å². The summed E-state index contributed by atoms with van der Waals surface area (Å²) in [4.78, 5) is 0. The summed E-state index contributed by atoms with van der Waals surface area (Å²) in [6, 6.07) is 8.94. The van der Waals surface area contributed by atoms with Crippen molar-refractivity contribution in [1.29, 1.82) is 0 Å². The minimum absolute atomic E-state index is 0. The van der Waals surface area contributed by atoms with E-state index in [-0.39, 0.29) is 51.2 Å². The van der Waals surface area contributed by atoms with Gasteiger partial charge in [0.15, 0.2) is 0 Å². The van der Waals surface area contributed by atoms with Crippen molar-refractivity contribution >= 4 is 37.8 Å². The molecular weight excluding hydrogens is 450 g/mol. The Bertz CT molecular complexity index is 1010. The number of rotatable bonds is 0. The quantitative estimate of drug-likeness (QED) is 0.274. The molecule has 0 amide bonds. The van der Waals surface area contributed by atoms with Gasteiger partial charge in [-0.05, 0) is 43.9 Å². The summed E-state index contributed by atoms with van der Waals surface area (Å²) in [5.74, 6) is 1.45. The van der Waals surface area contributed by atoms with Crippen LogP contribution in [-0.4, -0.2) is 29.6 Å². The van der Waals surface area contributed by atoms with Crippen LogP contribution >= 0.6 is 8.25 Å². The summed E-state index contributed by atoms with van der Waals surface area (Å²) in [6.07, 6.45) is 0.680. The molecule has 2 aromatic carbocycles. The third kappa shape index (κ3) is 6.33. The first kappa shape index (κ1) is 29.5. The van der Waals surface area contributed by atoms with Crippen molar-refractivity contribution in [2.24, 2.45) is 0 Å². The van der Waals surface area contributed by atoms with Gasteiger partial charge in [-0.25, -0.2) is 4.57 Å². The fourth-order valence-corrected chi connectivity index (χ4v) is 5.11. The van der Waals surface area contributed by atoms with Gasteiger partial charge in [-0.1, -0.05) is 107 Å². The van der Waals surface area contributed by atoms with E-state index in [1.165, 1.54) is 11.1 Å². The van der Waals surface area contributed by atoms with Gasteiger partial charge in [0.25, 0.3) is 0 Å². The van der Waals surface area contributed by atoms with Crippen molar-refractivity contribution in [2.75, 3.05) is 0 Å². The molecule has 2 aromatic rings. The molecule has 34 heavy (non-hydrogen) atoms. The molecule has 0 saturated carbocycles. The Morgan fingerprint density at radius 1 is 0.588 bits per heavy atom. The van der Waals surface area contributed by atoms with Crippen LogP contribution in [0.3, 0.4) is 0 Å². The molecule has 0 atom stereocenters. The number of benzene rings is 2. The molecule has 3 rings (SSSR count). The maximum absolute atomic E-state index is 13.2. The first-order valence-corrected chi connectivity index (χ1v) is 13.3. The molecule has 1 radical (unpaired) electrons. The van der Waals surface area contributed by atoms with Gasteiger partial charge in [0, 0.05) is 47.1 Å². The summed E-state index contributed by atoms with van der Waals surface area (Å²) in [5.41, 5.74) is 6.54. The predicted octanol–water partition coefficient (Wildman–Crippen LogP) is 8.25. The van der Waals surface area contributed by atoms with Gasteiger partial charge in [0.1, 0.15) is 11.5 Å². The topological polar surface area (TPSA) is 35.5 Å². The molecule has 1 aliphatic rings. The smallest absolute Gasteiger partial charge is 0.417 e. The van der Waals surface area contributed by atoms with Crippen molar-refractivity contribution < 1.29 is 13.6 Å². The largest absolute Gasteiger partial charge is 0.419 e. The van der Waals surface area contributed by atoms with Gasteiger partial charge in [-0.3, -0.25) is 0 Å². The van der Waals surface area contributed by atoms with E-state index in [0.717, 1.165) is 33.8 Å². The Labute approximate surface area is 230 Å². The third-order valence-corrected chi connectivity index (χ3v) is 7.17. The molecule has 3 nitrogen and oxygen atoms in total. The van der Waals surface area contributed by atoms with Gasteiger partial charge < -0.3 is 9.05 Å². The van der Waals surface area contributed by atoms with Crippen LogP contribution in [0.5, 0.6) is 11.5 Å².